The highest BCUT2D eigenvalue weighted by Gasteiger charge is 2.30. The molecule has 0 unspecified atom stereocenters. The minimum Gasteiger partial charge on any atom is -0.374 e. The fourth-order valence-electron chi connectivity index (χ4n) is 1.43. The molecule has 1 saturated heterocycles. The number of primary amides is 1. The molecule has 0 spiro atoms. The Labute approximate surface area is 120 Å². The lowest BCUT2D eigenvalue weighted by atomic mass is 10.1. The van der Waals surface area contributed by atoms with Gasteiger partial charge in [0.15, 0.2) is 0 Å². The minimum atomic E-state index is -0.381. The number of carbonyl (C=O) groups excluding carboxylic acids is 2. The third-order valence-electron chi connectivity index (χ3n) is 3.43. The molecular weight excluding hydrogens is 258 g/mol. The molecule has 1 rings (SSSR count). The topological polar surface area (TPSA) is 75.9 Å². The Morgan fingerprint density at radius 3 is 2.50 bits per heavy atom. The first-order valence-electron chi connectivity index (χ1n) is 6.62. The molecule has 0 radical (unpaired) electrons. The molecule has 2 N–H and O–H groups in total. The summed E-state index contributed by atoms with van der Waals surface area (Å²) in [6.07, 6.45) is 0.198. The second-order valence-corrected chi connectivity index (χ2v) is 5.62. The number of rotatable bonds is 5. The molecule has 1 fully saturated rings. The summed E-state index contributed by atoms with van der Waals surface area (Å²) < 4.78 is 5.40. The Bertz CT molecular complexity index is 429. The second kappa shape index (κ2) is 6.73. The molecule has 1 aliphatic heterocycles. The van der Waals surface area contributed by atoms with Gasteiger partial charge in [-0.3, -0.25) is 14.5 Å². The maximum absolute atomic E-state index is 11.8. The summed E-state index contributed by atoms with van der Waals surface area (Å²) in [5.74, 6) is 5.06. The fraction of sp³-hybridized carbons (Fsp3) is 0.714. The largest absolute Gasteiger partial charge is 0.374 e. The van der Waals surface area contributed by atoms with Crippen LogP contribution in [0.15, 0.2) is 0 Å². The van der Waals surface area contributed by atoms with E-state index in [4.69, 9.17) is 10.5 Å². The molecule has 0 saturated carbocycles. The lowest BCUT2D eigenvalue weighted by Crippen LogP contribution is -2.54. The quantitative estimate of drug-likeness (QED) is 0.685. The van der Waals surface area contributed by atoms with E-state index in [1.54, 1.807) is 4.90 Å². The van der Waals surface area contributed by atoms with Crippen molar-refractivity contribution >= 4 is 11.8 Å². The first-order chi connectivity index (χ1) is 9.22. The summed E-state index contributed by atoms with van der Waals surface area (Å²) in [7, 11) is 3.84. The monoisotopic (exact) mass is 281 g/mol. The van der Waals surface area contributed by atoms with Crippen LogP contribution in [0.4, 0.5) is 0 Å². The molecule has 6 nitrogen and oxygen atoms in total. The average molecular weight is 281 g/mol. The van der Waals surface area contributed by atoms with E-state index in [0.29, 0.717) is 19.7 Å². The molecule has 2 amide bonds. The first kappa shape index (κ1) is 16.5. The predicted molar refractivity (Wildman–Crippen MR) is 75.7 cm³/mol. The van der Waals surface area contributed by atoms with Gasteiger partial charge in [0.2, 0.25) is 5.91 Å². The summed E-state index contributed by atoms with van der Waals surface area (Å²) in [4.78, 5) is 26.0. The van der Waals surface area contributed by atoms with Gasteiger partial charge < -0.3 is 15.4 Å². The Kier molecular flexibility index (Phi) is 5.54. The van der Waals surface area contributed by atoms with Gasteiger partial charge in [-0.15, -0.1) is 0 Å². The van der Waals surface area contributed by atoms with Crippen molar-refractivity contribution in [3.63, 3.8) is 0 Å². The van der Waals surface area contributed by atoms with Crippen molar-refractivity contribution in [2.45, 2.75) is 31.9 Å². The smallest absolute Gasteiger partial charge is 0.298 e. The molecular formula is C14H23N3O3. The van der Waals surface area contributed by atoms with Crippen LogP contribution in [0.2, 0.25) is 0 Å². The maximum Gasteiger partial charge on any atom is 0.298 e. The van der Waals surface area contributed by atoms with Gasteiger partial charge in [0.1, 0.15) is 0 Å². The van der Waals surface area contributed by atoms with E-state index in [1.807, 2.05) is 32.8 Å². The van der Waals surface area contributed by atoms with E-state index in [-0.39, 0.29) is 29.9 Å². The maximum atomic E-state index is 11.8. The van der Waals surface area contributed by atoms with Gasteiger partial charge in [0.25, 0.3) is 5.91 Å². The van der Waals surface area contributed by atoms with Gasteiger partial charge in [-0.25, -0.2) is 0 Å². The Hall–Kier alpha value is -1.58. The normalized spacial score (nSPS) is 15.6. The molecule has 0 aliphatic carbocycles. The minimum absolute atomic E-state index is 0.0121. The van der Waals surface area contributed by atoms with Gasteiger partial charge in [0.05, 0.1) is 18.2 Å². The van der Waals surface area contributed by atoms with E-state index in [9.17, 15) is 9.59 Å². The summed E-state index contributed by atoms with van der Waals surface area (Å²) >= 11 is 0. The Balaban J connectivity index is 2.32. The summed E-state index contributed by atoms with van der Waals surface area (Å²) in [5.41, 5.74) is 4.68. The van der Waals surface area contributed by atoms with E-state index < -0.39 is 0 Å². The number of hydrogen-bond donors (Lipinski definition) is 1. The van der Waals surface area contributed by atoms with Crippen molar-refractivity contribution in [2.24, 2.45) is 5.73 Å². The van der Waals surface area contributed by atoms with E-state index in [1.165, 1.54) is 0 Å². The van der Waals surface area contributed by atoms with Gasteiger partial charge in [-0.2, -0.15) is 0 Å². The highest BCUT2D eigenvalue weighted by atomic mass is 16.5. The van der Waals surface area contributed by atoms with Crippen molar-refractivity contribution in [1.29, 1.82) is 0 Å². The summed E-state index contributed by atoms with van der Waals surface area (Å²) in [6.45, 7) is 5.27. The zero-order valence-corrected chi connectivity index (χ0v) is 12.6. The van der Waals surface area contributed by atoms with E-state index in [0.717, 1.165) is 0 Å². The summed E-state index contributed by atoms with van der Waals surface area (Å²) in [6, 6.07) is 0. The Morgan fingerprint density at radius 1 is 1.40 bits per heavy atom. The lowest BCUT2D eigenvalue weighted by Gasteiger charge is -2.37. The molecule has 0 aromatic heterocycles. The molecule has 20 heavy (non-hydrogen) atoms. The molecule has 0 aromatic rings. The molecule has 0 atom stereocenters. The lowest BCUT2D eigenvalue weighted by molar-refractivity contribution is -0.139. The second-order valence-electron chi connectivity index (χ2n) is 5.62. The molecule has 1 heterocycles. The number of carbonyl (C=O) groups is 2. The van der Waals surface area contributed by atoms with E-state index in [2.05, 4.69) is 11.8 Å². The van der Waals surface area contributed by atoms with Gasteiger partial charge in [0, 0.05) is 19.5 Å². The van der Waals surface area contributed by atoms with Crippen LogP contribution in [-0.4, -0.2) is 67.0 Å². The Morgan fingerprint density at radius 2 is 2.00 bits per heavy atom. The van der Waals surface area contributed by atoms with Crippen LogP contribution in [0.25, 0.3) is 0 Å². The molecule has 112 valence electrons. The van der Waals surface area contributed by atoms with Crippen LogP contribution >= 0.6 is 0 Å². The third kappa shape index (κ3) is 4.83. The van der Waals surface area contributed by atoms with Gasteiger partial charge in [-0.05, 0) is 33.9 Å². The molecule has 0 aromatic carbocycles. The predicted octanol–water partition coefficient (Wildman–Crippen LogP) is -0.567. The highest BCUT2D eigenvalue weighted by Crippen LogP contribution is 2.12. The molecule has 1 aliphatic rings. The van der Waals surface area contributed by atoms with Crippen LogP contribution in [0.1, 0.15) is 20.3 Å². The fourth-order valence-corrected chi connectivity index (χ4v) is 1.43. The zero-order chi connectivity index (χ0) is 15.3. The number of likely N-dealkylation sites (tertiary alicyclic amines) is 1. The number of hydrogen-bond acceptors (Lipinski definition) is 4. The van der Waals surface area contributed by atoms with Crippen LogP contribution < -0.4 is 5.73 Å². The van der Waals surface area contributed by atoms with Crippen LogP contribution in [-0.2, 0) is 14.3 Å². The zero-order valence-electron chi connectivity index (χ0n) is 12.6. The standard InChI is InChI=1S/C14H23N3O3/c1-14(2,16(3)4)7-5-13(19)17-9-11(10-17)20-8-6-12(15)18/h11H,6,8-10H2,1-4H3,(H2,15,18). The SMILES string of the molecule is CN(C)C(C)(C)C#CC(=O)N1CC(OCCC(N)=O)C1. The van der Waals surface area contributed by atoms with Crippen LogP contribution in [0, 0.1) is 11.8 Å². The van der Waals surface area contributed by atoms with Crippen LogP contribution in [0.3, 0.4) is 0 Å². The number of nitrogens with zero attached hydrogens (tertiary/aromatic N) is 2. The summed E-state index contributed by atoms with van der Waals surface area (Å²) in [5, 5.41) is 0. The molecule has 6 heteroatoms. The highest BCUT2D eigenvalue weighted by molar-refractivity contribution is 5.94. The van der Waals surface area contributed by atoms with Crippen molar-refractivity contribution in [3.05, 3.63) is 0 Å². The number of amides is 2. The van der Waals surface area contributed by atoms with Crippen LogP contribution in [0.5, 0.6) is 0 Å². The van der Waals surface area contributed by atoms with E-state index >= 15 is 0 Å². The van der Waals surface area contributed by atoms with Crippen molar-refractivity contribution in [3.8, 4) is 11.8 Å². The average Bonchev–Trinajstić information content (AvgIpc) is 2.28. The number of ether oxygens (including phenoxy) is 1. The van der Waals surface area contributed by atoms with Gasteiger partial charge >= 0.3 is 0 Å². The van der Waals surface area contributed by atoms with Crippen molar-refractivity contribution in [2.75, 3.05) is 33.8 Å². The first-order valence-corrected chi connectivity index (χ1v) is 6.62. The van der Waals surface area contributed by atoms with Crippen molar-refractivity contribution in [1.82, 2.24) is 9.80 Å². The third-order valence-corrected chi connectivity index (χ3v) is 3.43. The number of nitrogens with two attached hydrogens (primary N) is 1. The molecule has 0 bridgehead atoms. The van der Waals surface area contributed by atoms with Gasteiger partial charge in [-0.1, -0.05) is 5.92 Å². The van der Waals surface area contributed by atoms with Crippen molar-refractivity contribution < 1.29 is 14.3 Å².